The minimum Gasteiger partial charge on any atom is -1.00 e. The number of aromatic carboxylic acids is 1. The monoisotopic (exact) mass is 251 g/mol. The molecule has 0 spiro atoms. The van der Waals surface area contributed by atoms with Gasteiger partial charge in [0.1, 0.15) is 11.4 Å². The molecular formula is C13H11F2NO2. The predicted molar refractivity (Wildman–Crippen MR) is 59.1 cm³/mol. The van der Waals surface area contributed by atoms with E-state index in [0.29, 0.717) is 12.1 Å². The summed E-state index contributed by atoms with van der Waals surface area (Å²) in [7, 11) is 0. The number of carbonyl (C=O) groups is 1. The summed E-state index contributed by atoms with van der Waals surface area (Å²) in [5.74, 6) is -1.28. The number of nitrogens with zero attached hydrogens (tertiary/aromatic N) is 1. The molecule has 0 aliphatic rings. The Morgan fingerprint density at radius 1 is 1.22 bits per heavy atom. The number of rotatable bonds is 3. The summed E-state index contributed by atoms with van der Waals surface area (Å²) < 4.78 is 15.0. The van der Waals surface area contributed by atoms with Crippen molar-refractivity contribution >= 4 is 5.97 Å². The van der Waals surface area contributed by atoms with Crippen LogP contribution in [0.15, 0.2) is 48.8 Å². The highest BCUT2D eigenvalue weighted by Gasteiger charge is 2.11. The van der Waals surface area contributed by atoms with Gasteiger partial charge in [-0.3, -0.25) is 0 Å². The largest absolute Gasteiger partial charge is 1.00 e. The Balaban J connectivity index is 0.00000162. The first-order chi connectivity index (χ1) is 8.16. The Kier molecular flexibility index (Phi) is 4.48. The van der Waals surface area contributed by atoms with E-state index in [0.717, 1.165) is 0 Å². The van der Waals surface area contributed by atoms with Crippen molar-refractivity contribution in [3.05, 3.63) is 65.7 Å². The van der Waals surface area contributed by atoms with Crippen LogP contribution in [0.4, 0.5) is 4.39 Å². The van der Waals surface area contributed by atoms with Crippen LogP contribution in [-0.4, -0.2) is 11.1 Å². The molecule has 1 aromatic heterocycles. The first-order valence-electron chi connectivity index (χ1n) is 5.12. The van der Waals surface area contributed by atoms with E-state index in [4.69, 9.17) is 5.11 Å². The number of hydrogen-bond donors (Lipinski definition) is 1. The van der Waals surface area contributed by atoms with E-state index in [2.05, 4.69) is 0 Å². The van der Waals surface area contributed by atoms with Gasteiger partial charge in [-0.25, -0.2) is 9.18 Å². The fourth-order valence-corrected chi connectivity index (χ4v) is 1.57. The molecule has 0 radical (unpaired) electrons. The van der Waals surface area contributed by atoms with Crippen molar-refractivity contribution in [1.82, 2.24) is 0 Å². The first kappa shape index (κ1) is 13.8. The van der Waals surface area contributed by atoms with Crippen LogP contribution in [0, 0.1) is 5.82 Å². The van der Waals surface area contributed by atoms with E-state index in [1.54, 1.807) is 35.0 Å². The summed E-state index contributed by atoms with van der Waals surface area (Å²) in [6.07, 6.45) is 3.19. The van der Waals surface area contributed by atoms with Gasteiger partial charge in [0.15, 0.2) is 18.9 Å². The molecule has 0 aliphatic carbocycles. The van der Waals surface area contributed by atoms with Crippen LogP contribution < -0.4 is 9.27 Å². The van der Waals surface area contributed by atoms with Crippen molar-refractivity contribution in [2.45, 2.75) is 6.54 Å². The normalized spacial score (nSPS) is 9.61. The third-order valence-electron chi connectivity index (χ3n) is 2.42. The van der Waals surface area contributed by atoms with Crippen molar-refractivity contribution in [3.63, 3.8) is 0 Å². The SMILES string of the molecule is O=C(O)c1ccc[n+](Cc2ccccc2F)c1.[F-]. The van der Waals surface area contributed by atoms with Gasteiger partial charge in [0, 0.05) is 6.07 Å². The predicted octanol–water partition coefficient (Wildman–Crippen LogP) is -1.14. The molecule has 2 rings (SSSR count). The van der Waals surface area contributed by atoms with E-state index < -0.39 is 5.97 Å². The minimum atomic E-state index is -0.993. The summed E-state index contributed by atoms with van der Waals surface area (Å²) in [4.78, 5) is 10.8. The van der Waals surface area contributed by atoms with Crippen molar-refractivity contribution in [2.24, 2.45) is 0 Å². The Labute approximate surface area is 102 Å². The standard InChI is InChI=1S/C13H10FNO2.FH/c14-12-6-2-1-4-10(12)8-15-7-3-5-11(9-15)13(16)17;/h1-7,9H,8H2;1H. The Hall–Kier alpha value is -2.30. The van der Waals surface area contributed by atoms with E-state index in [1.165, 1.54) is 18.3 Å². The molecule has 94 valence electrons. The number of carboxylic acids is 1. The maximum absolute atomic E-state index is 13.4. The highest BCUT2D eigenvalue weighted by molar-refractivity contribution is 5.86. The lowest BCUT2D eigenvalue weighted by molar-refractivity contribution is -0.688. The number of benzene rings is 1. The molecule has 1 N–H and O–H groups in total. The summed E-state index contributed by atoms with van der Waals surface area (Å²) >= 11 is 0. The van der Waals surface area contributed by atoms with Crippen LogP contribution >= 0.6 is 0 Å². The second-order valence-corrected chi connectivity index (χ2v) is 3.66. The third kappa shape index (κ3) is 3.10. The molecule has 0 amide bonds. The molecule has 3 nitrogen and oxygen atoms in total. The van der Waals surface area contributed by atoms with Crippen LogP contribution in [0.25, 0.3) is 0 Å². The highest BCUT2D eigenvalue weighted by atomic mass is 19.1. The fraction of sp³-hybridized carbons (Fsp3) is 0.0769. The molecule has 0 fully saturated rings. The first-order valence-corrected chi connectivity index (χ1v) is 5.12. The van der Waals surface area contributed by atoms with Crippen molar-refractivity contribution in [1.29, 1.82) is 0 Å². The summed E-state index contributed by atoms with van der Waals surface area (Å²) in [5, 5.41) is 8.84. The maximum atomic E-state index is 13.4. The van der Waals surface area contributed by atoms with Crippen molar-refractivity contribution < 1.29 is 23.6 Å². The van der Waals surface area contributed by atoms with Gasteiger partial charge in [-0.05, 0) is 18.2 Å². The summed E-state index contributed by atoms with van der Waals surface area (Å²) in [6, 6.07) is 9.56. The number of hydrogen-bond acceptors (Lipinski definition) is 1. The summed E-state index contributed by atoms with van der Waals surface area (Å²) in [5.41, 5.74) is 0.712. The van der Waals surface area contributed by atoms with Gasteiger partial charge in [-0.2, -0.15) is 4.57 Å². The van der Waals surface area contributed by atoms with E-state index in [1.807, 2.05) is 0 Å². The van der Waals surface area contributed by atoms with Crippen LogP contribution in [-0.2, 0) is 6.54 Å². The van der Waals surface area contributed by atoms with Gasteiger partial charge in [0.25, 0.3) is 0 Å². The molecule has 0 aliphatic heterocycles. The maximum Gasteiger partial charge on any atom is 0.341 e. The quantitative estimate of drug-likeness (QED) is 0.701. The zero-order valence-electron chi connectivity index (χ0n) is 9.38. The van der Waals surface area contributed by atoms with Crippen LogP contribution in [0.2, 0.25) is 0 Å². The zero-order valence-corrected chi connectivity index (χ0v) is 9.38. The molecule has 0 saturated carbocycles. The van der Waals surface area contributed by atoms with Gasteiger partial charge in [0.05, 0.1) is 5.56 Å². The van der Waals surface area contributed by atoms with Crippen LogP contribution in [0.3, 0.4) is 0 Å². The fourth-order valence-electron chi connectivity index (χ4n) is 1.57. The van der Waals surface area contributed by atoms with E-state index in [-0.39, 0.29) is 16.1 Å². The molecule has 5 heteroatoms. The van der Waals surface area contributed by atoms with Crippen LogP contribution in [0.5, 0.6) is 0 Å². The topological polar surface area (TPSA) is 41.2 Å². The lowest BCUT2D eigenvalue weighted by Crippen LogP contribution is -3.00. The second-order valence-electron chi connectivity index (χ2n) is 3.66. The number of carboxylic acid groups (broad SMARTS) is 1. The molecule has 0 bridgehead atoms. The number of pyridine rings is 1. The van der Waals surface area contributed by atoms with Crippen LogP contribution in [0.1, 0.15) is 15.9 Å². The average Bonchev–Trinajstić information content (AvgIpc) is 2.32. The van der Waals surface area contributed by atoms with Gasteiger partial charge in [-0.15, -0.1) is 0 Å². The van der Waals surface area contributed by atoms with Gasteiger partial charge < -0.3 is 9.81 Å². The smallest absolute Gasteiger partial charge is 0.341 e. The Bertz CT molecular complexity index is 558. The molecule has 0 saturated heterocycles. The molecule has 0 atom stereocenters. The molecule has 18 heavy (non-hydrogen) atoms. The number of halogens is 2. The Morgan fingerprint density at radius 2 is 1.94 bits per heavy atom. The molecular weight excluding hydrogens is 240 g/mol. The van der Waals surface area contributed by atoms with Gasteiger partial charge >= 0.3 is 5.97 Å². The number of aromatic nitrogens is 1. The lowest BCUT2D eigenvalue weighted by atomic mass is 10.2. The molecule has 0 unspecified atom stereocenters. The van der Waals surface area contributed by atoms with E-state index in [9.17, 15) is 9.18 Å². The lowest BCUT2D eigenvalue weighted by Gasteiger charge is -2.00. The van der Waals surface area contributed by atoms with Gasteiger partial charge in [0.2, 0.25) is 0 Å². The average molecular weight is 251 g/mol. The van der Waals surface area contributed by atoms with Crippen molar-refractivity contribution in [3.8, 4) is 0 Å². The summed E-state index contributed by atoms with van der Waals surface area (Å²) in [6.45, 7) is 0.313. The van der Waals surface area contributed by atoms with Crippen molar-refractivity contribution in [2.75, 3.05) is 0 Å². The van der Waals surface area contributed by atoms with Gasteiger partial charge in [-0.1, -0.05) is 12.1 Å². The Morgan fingerprint density at radius 3 is 2.61 bits per heavy atom. The molecule has 2 aromatic rings. The second kappa shape index (κ2) is 5.86. The third-order valence-corrected chi connectivity index (χ3v) is 2.42. The van der Waals surface area contributed by atoms with E-state index >= 15 is 0 Å². The highest BCUT2D eigenvalue weighted by Crippen LogP contribution is 2.05. The molecule has 1 aromatic carbocycles. The minimum absolute atomic E-state index is 0. The molecule has 1 heterocycles. The zero-order chi connectivity index (χ0) is 12.3.